The normalized spacial score (nSPS) is 18.1. The smallest absolute Gasteiger partial charge is 0.321 e. The van der Waals surface area contributed by atoms with Crippen LogP contribution in [0.15, 0.2) is 24.3 Å². The van der Waals surface area contributed by atoms with Gasteiger partial charge in [-0.25, -0.2) is 4.79 Å². The molecule has 1 fully saturated rings. The maximum absolute atomic E-state index is 11.7. The van der Waals surface area contributed by atoms with E-state index in [0.29, 0.717) is 12.0 Å². The van der Waals surface area contributed by atoms with Gasteiger partial charge < -0.3 is 10.6 Å². The van der Waals surface area contributed by atoms with Crippen molar-refractivity contribution in [1.29, 1.82) is 0 Å². The Kier molecular flexibility index (Phi) is 4.30. The second-order valence-corrected chi connectivity index (χ2v) is 5.25. The molecule has 2 atom stereocenters. The van der Waals surface area contributed by atoms with Crippen LogP contribution < -0.4 is 15.5 Å². The maximum Gasteiger partial charge on any atom is 0.321 e. The fraction of sp³-hybridized carbons (Fsp3) is 0.533. The van der Waals surface area contributed by atoms with E-state index >= 15 is 0 Å². The van der Waals surface area contributed by atoms with E-state index in [2.05, 4.69) is 37.5 Å². The molecule has 0 bridgehead atoms. The molecule has 0 saturated carbocycles. The Bertz CT molecular complexity index is 447. The first kappa shape index (κ1) is 13.7. The lowest BCUT2D eigenvalue weighted by atomic mass is 10.0. The van der Waals surface area contributed by atoms with Crippen molar-refractivity contribution in [2.45, 2.75) is 33.2 Å². The van der Waals surface area contributed by atoms with Gasteiger partial charge in [0.15, 0.2) is 0 Å². The fourth-order valence-corrected chi connectivity index (χ4v) is 2.24. The summed E-state index contributed by atoms with van der Waals surface area (Å²) in [4.78, 5) is 13.4. The first-order valence-corrected chi connectivity index (χ1v) is 7.03. The van der Waals surface area contributed by atoms with Gasteiger partial charge in [0.25, 0.3) is 0 Å². The van der Waals surface area contributed by atoms with Gasteiger partial charge in [-0.3, -0.25) is 4.90 Å². The minimum Gasteiger partial charge on any atom is -0.382 e. The largest absolute Gasteiger partial charge is 0.382 e. The molecular weight excluding hydrogens is 238 g/mol. The first-order valence-electron chi connectivity index (χ1n) is 7.03. The third kappa shape index (κ3) is 3.19. The molecule has 0 aliphatic carbocycles. The SMILES string of the molecule is CCC(C)C(C)Nc1cccc(N2CCNC2=O)c1. The molecule has 4 nitrogen and oxygen atoms in total. The van der Waals surface area contributed by atoms with E-state index in [1.807, 2.05) is 18.2 Å². The highest BCUT2D eigenvalue weighted by Gasteiger charge is 2.21. The van der Waals surface area contributed by atoms with Crippen molar-refractivity contribution in [3.05, 3.63) is 24.3 Å². The first-order chi connectivity index (χ1) is 9.11. The van der Waals surface area contributed by atoms with Crippen LogP contribution >= 0.6 is 0 Å². The summed E-state index contributed by atoms with van der Waals surface area (Å²) >= 11 is 0. The molecule has 2 unspecified atom stereocenters. The fourth-order valence-electron chi connectivity index (χ4n) is 2.24. The number of hydrogen-bond donors (Lipinski definition) is 2. The Labute approximate surface area is 115 Å². The third-order valence-corrected chi connectivity index (χ3v) is 3.91. The van der Waals surface area contributed by atoms with E-state index in [1.165, 1.54) is 0 Å². The number of benzene rings is 1. The number of carbonyl (C=O) groups is 1. The van der Waals surface area contributed by atoms with Crippen LogP contribution in [0.5, 0.6) is 0 Å². The quantitative estimate of drug-likeness (QED) is 0.855. The summed E-state index contributed by atoms with van der Waals surface area (Å²) in [6.07, 6.45) is 1.16. The van der Waals surface area contributed by atoms with E-state index in [-0.39, 0.29) is 6.03 Å². The second-order valence-electron chi connectivity index (χ2n) is 5.25. The number of anilines is 2. The molecule has 0 radical (unpaired) electrons. The Hall–Kier alpha value is -1.71. The molecule has 1 aromatic rings. The number of nitrogens with one attached hydrogen (secondary N) is 2. The van der Waals surface area contributed by atoms with E-state index in [1.54, 1.807) is 4.90 Å². The minimum atomic E-state index is -0.00729. The molecule has 0 spiro atoms. The summed E-state index contributed by atoms with van der Waals surface area (Å²) in [5, 5.41) is 6.34. The van der Waals surface area contributed by atoms with Gasteiger partial charge >= 0.3 is 6.03 Å². The van der Waals surface area contributed by atoms with Gasteiger partial charge in [-0.2, -0.15) is 0 Å². The van der Waals surface area contributed by atoms with Crippen molar-refractivity contribution in [2.75, 3.05) is 23.3 Å². The maximum atomic E-state index is 11.7. The Morgan fingerprint density at radius 1 is 1.42 bits per heavy atom. The van der Waals surface area contributed by atoms with Crippen LogP contribution in [0.25, 0.3) is 0 Å². The highest BCUT2D eigenvalue weighted by Crippen LogP contribution is 2.22. The number of amides is 2. The van der Waals surface area contributed by atoms with E-state index in [9.17, 15) is 4.79 Å². The average molecular weight is 261 g/mol. The van der Waals surface area contributed by atoms with Gasteiger partial charge in [0, 0.05) is 30.5 Å². The van der Waals surface area contributed by atoms with E-state index in [4.69, 9.17) is 0 Å². The Morgan fingerprint density at radius 3 is 2.84 bits per heavy atom. The summed E-state index contributed by atoms with van der Waals surface area (Å²) in [6.45, 7) is 8.11. The van der Waals surface area contributed by atoms with Crippen LogP contribution in [0.3, 0.4) is 0 Å². The van der Waals surface area contributed by atoms with E-state index in [0.717, 1.165) is 30.9 Å². The highest BCUT2D eigenvalue weighted by atomic mass is 16.2. The van der Waals surface area contributed by atoms with Crippen LogP contribution in [0.2, 0.25) is 0 Å². The van der Waals surface area contributed by atoms with Crippen molar-refractivity contribution in [3.63, 3.8) is 0 Å². The average Bonchev–Trinajstić information content (AvgIpc) is 2.84. The Balaban J connectivity index is 2.09. The molecule has 1 heterocycles. The summed E-state index contributed by atoms with van der Waals surface area (Å²) in [7, 11) is 0. The number of rotatable bonds is 5. The highest BCUT2D eigenvalue weighted by molar-refractivity contribution is 5.94. The van der Waals surface area contributed by atoms with Gasteiger partial charge in [0.05, 0.1) is 0 Å². The predicted molar refractivity (Wildman–Crippen MR) is 79.7 cm³/mol. The molecule has 19 heavy (non-hydrogen) atoms. The van der Waals surface area contributed by atoms with Crippen molar-refractivity contribution in [2.24, 2.45) is 5.92 Å². The van der Waals surface area contributed by atoms with Gasteiger partial charge in [-0.15, -0.1) is 0 Å². The Morgan fingerprint density at radius 2 is 2.21 bits per heavy atom. The molecule has 1 saturated heterocycles. The molecule has 2 rings (SSSR count). The van der Waals surface area contributed by atoms with Crippen LogP contribution in [0.4, 0.5) is 16.2 Å². The lowest BCUT2D eigenvalue weighted by Crippen LogP contribution is -2.28. The minimum absolute atomic E-state index is 0.00729. The van der Waals surface area contributed by atoms with Gasteiger partial charge in [-0.05, 0) is 31.0 Å². The summed E-state index contributed by atoms with van der Waals surface area (Å²) in [5.41, 5.74) is 2.03. The van der Waals surface area contributed by atoms with Crippen LogP contribution in [-0.4, -0.2) is 25.2 Å². The van der Waals surface area contributed by atoms with Gasteiger partial charge in [0.1, 0.15) is 0 Å². The summed E-state index contributed by atoms with van der Waals surface area (Å²) in [6, 6.07) is 8.48. The second kappa shape index (κ2) is 5.95. The van der Waals surface area contributed by atoms with Crippen LogP contribution in [0.1, 0.15) is 27.2 Å². The zero-order valence-electron chi connectivity index (χ0n) is 11.9. The number of urea groups is 1. The van der Waals surface area contributed by atoms with Gasteiger partial charge in [-0.1, -0.05) is 26.3 Å². The summed E-state index contributed by atoms with van der Waals surface area (Å²) in [5.74, 6) is 0.624. The topological polar surface area (TPSA) is 44.4 Å². The molecular formula is C15H23N3O. The van der Waals surface area contributed by atoms with E-state index < -0.39 is 0 Å². The number of hydrogen-bond acceptors (Lipinski definition) is 2. The zero-order chi connectivity index (χ0) is 13.8. The molecule has 1 aliphatic heterocycles. The van der Waals surface area contributed by atoms with Crippen molar-refractivity contribution in [1.82, 2.24) is 5.32 Å². The third-order valence-electron chi connectivity index (χ3n) is 3.91. The number of carbonyl (C=O) groups excluding carboxylic acids is 1. The van der Waals surface area contributed by atoms with Crippen molar-refractivity contribution >= 4 is 17.4 Å². The molecule has 2 amide bonds. The van der Waals surface area contributed by atoms with Crippen LogP contribution in [-0.2, 0) is 0 Å². The molecule has 4 heteroatoms. The predicted octanol–water partition coefficient (Wildman–Crippen LogP) is 3.06. The standard InChI is InChI=1S/C15H23N3O/c1-4-11(2)12(3)17-13-6-5-7-14(10-13)18-9-8-16-15(18)19/h5-7,10-12,17H,4,8-9H2,1-3H3,(H,16,19). The van der Waals surface area contributed by atoms with Crippen molar-refractivity contribution < 1.29 is 4.79 Å². The number of nitrogens with zero attached hydrogens (tertiary/aromatic N) is 1. The monoisotopic (exact) mass is 261 g/mol. The lowest BCUT2D eigenvalue weighted by molar-refractivity contribution is 0.252. The van der Waals surface area contributed by atoms with Crippen molar-refractivity contribution in [3.8, 4) is 0 Å². The summed E-state index contributed by atoms with van der Waals surface area (Å²) < 4.78 is 0. The zero-order valence-corrected chi connectivity index (χ0v) is 11.9. The molecule has 2 N–H and O–H groups in total. The molecule has 1 aromatic carbocycles. The molecule has 0 aromatic heterocycles. The van der Waals surface area contributed by atoms with Crippen LogP contribution in [0, 0.1) is 5.92 Å². The molecule has 104 valence electrons. The molecule has 1 aliphatic rings. The lowest BCUT2D eigenvalue weighted by Gasteiger charge is -2.22. The van der Waals surface area contributed by atoms with Gasteiger partial charge in [0.2, 0.25) is 0 Å².